The third-order valence-corrected chi connectivity index (χ3v) is 5.54. The summed E-state index contributed by atoms with van der Waals surface area (Å²) in [4.78, 5) is 39.2. The molecule has 10 heteroatoms. The minimum Gasteiger partial charge on any atom is -0.465 e. The molecule has 0 N–H and O–H groups in total. The SMILES string of the molecule is CCOCCn1c(=NC(=O)C=Cc2ccc([N+](=O)[O-])cc2)sc2cc(C(=O)OC)ccc21. The predicted octanol–water partition coefficient (Wildman–Crippen LogP) is 3.57. The molecular weight excluding hydrogens is 434 g/mol. The van der Waals surface area contributed by atoms with Crippen LogP contribution in [-0.2, 0) is 20.8 Å². The number of nitro groups is 1. The fraction of sp³-hybridized carbons (Fsp3) is 0.227. The Hall–Kier alpha value is -3.63. The van der Waals surface area contributed by atoms with Gasteiger partial charge in [0.2, 0.25) is 0 Å². The fourth-order valence-electron chi connectivity index (χ4n) is 2.93. The number of thiazole rings is 1. The van der Waals surface area contributed by atoms with Crippen molar-refractivity contribution in [1.82, 2.24) is 4.57 Å². The molecule has 9 nitrogen and oxygen atoms in total. The van der Waals surface area contributed by atoms with Gasteiger partial charge in [-0.2, -0.15) is 4.99 Å². The van der Waals surface area contributed by atoms with E-state index in [4.69, 9.17) is 9.47 Å². The summed E-state index contributed by atoms with van der Waals surface area (Å²) in [6.07, 6.45) is 2.85. The van der Waals surface area contributed by atoms with Crippen LogP contribution in [0.25, 0.3) is 16.3 Å². The summed E-state index contributed by atoms with van der Waals surface area (Å²) >= 11 is 1.28. The average Bonchev–Trinajstić information content (AvgIpc) is 3.13. The van der Waals surface area contributed by atoms with Gasteiger partial charge in [-0.05, 0) is 48.9 Å². The quantitative estimate of drug-likeness (QED) is 0.169. The van der Waals surface area contributed by atoms with Crippen LogP contribution in [0.4, 0.5) is 5.69 Å². The van der Waals surface area contributed by atoms with E-state index in [-0.39, 0.29) is 5.69 Å². The summed E-state index contributed by atoms with van der Waals surface area (Å²) < 4.78 is 12.9. The molecule has 2 aromatic carbocycles. The van der Waals surface area contributed by atoms with E-state index in [9.17, 15) is 19.7 Å². The zero-order valence-electron chi connectivity index (χ0n) is 17.5. The van der Waals surface area contributed by atoms with Gasteiger partial charge in [-0.15, -0.1) is 0 Å². The topological polar surface area (TPSA) is 113 Å². The fourth-order valence-corrected chi connectivity index (χ4v) is 4.03. The van der Waals surface area contributed by atoms with Gasteiger partial charge < -0.3 is 14.0 Å². The molecule has 0 unspecified atom stereocenters. The molecule has 0 radical (unpaired) electrons. The van der Waals surface area contributed by atoms with E-state index in [0.29, 0.717) is 35.7 Å². The summed E-state index contributed by atoms with van der Waals surface area (Å²) in [7, 11) is 1.32. The number of ether oxygens (including phenoxy) is 2. The number of carbonyl (C=O) groups is 2. The second-order valence-corrected chi connectivity index (χ2v) is 7.55. The van der Waals surface area contributed by atoms with Gasteiger partial charge in [-0.25, -0.2) is 4.79 Å². The van der Waals surface area contributed by atoms with Crippen molar-refractivity contribution in [3.63, 3.8) is 0 Å². The standard InChI is InChI=1S/C22H21N3O6S/c1-3-31-13-12-24-18-10-7-16(21(27)30-2)14-19(18)32-22(24)23-20(26)11-6-15-4-8-17(9-5-15)25(28)29/h4-11,14H,3,12-13H2,1-2H3. The molecule has 0 aliphatic rings. The van der Waals surface area contributed by atoms with Crippen LogP contribution in [-0.4, -0.2) is 41.7 Å². The second kappa shape index (κ2) is 10.6. The Morgan fingerprint density at radius 2 is 1.97 bits per heavy atom. The number of fused-ring (bicyclic) bond motifs is 1. The number of nitrogens with zero attached hydrogens (tertiary/aromatic N) is 3. The van der Waals surface area contributed by atoms with Crippen molar-refractivity contribution in [2.75, 3.05) is 20.3 Å². The molecule has 0 fully saturated rings. The smallest absolute Gasteiger partial charge is 0.337 e. The van der Waals surface area contributed by atoms with Gasteiger partial charge in [-0.3, -0.25) is 14.9 Å². The van der Waals surface area contributed by atoms with E-state index >= 15 is 0 Å². The van der Waals surface area contributed by atoms with E-state index in [1.165, 1.54) is 36.7 Å². The van der Waals surface area contributed by atoms with Crippen molar-refractivity contribution in [3.05, 3.63) is 74.6 Å². The van der Waals surface area contributed by atoms with Gasteiger partial charge in [0.25, 0.3) is 11.6 Å². The van der Waals surface area contributed by atoms with Crippen LogP contribution in [0.2, 0.25) is 0 Å². The molecule has 32 heavy (non-hydrogen) atoms. The van der Waals surface area contributed by atoms with E-state index in [0.717, 1.165) is 10.2 Å². The van der Waals surface area contributed by atoms with Crippen molar-refractivity contribution >= 4 is 45.2 Å². The Morgan fingerprint density at radius 1 is 1.22 bits per heavy atom. The van der Waals surface area contributed by atoms with Gasteiger partial charge in [0.1, 0.15) is 0 Å². The molecule has 0 saturated carbocycles. The van der Waals surface area contributed by atoms with E-state index in [1.807, 2.05) is 11.5 Å². The molecule has 1 aromatic heterocycles. The lowest BCUT2D eigenvalue weighted by atomic mass is 10.2. The molecule has 0 aliphatic carbocycles. The Kier molecular flexibility index (Phi) is 7.63. The van der Waals surface area contributed by atoms with Crippen LogP contribution in [0, 0.1) is 10.1 Å². The Morgan fingerprint density at radius 3 is 2.62 bits per heavy atom. The molecule has 3 aromatic rings. The summed E-state index contributed by atoms with van der Waals surface area (Å²) in [6.45, 7) is 3.40. The first-order valence-corrected chi connectivity index (χ1v) is 10.5. The van der Waals surface area contributed by atoms with Gasteiger partial charge in [0, 0.05) is 31.4 Å². The van der Waals surface area contributed by atoms with Gasteiger partial charge in [0.15, 0.2) is 4.80 Å². The molecule has 1 amide bonds. The van der Waals surface area contributed by atoms with Crippen LogP contribution < -0.4 is 4.80 Å². The second-order valence-electron chi connectivity index (χ2n) is 6.54. The molecular formula is C22H21N3O6S. The van der Waals surface area contributed by atoms with Crippen molar-refractivity contribution in [1.29, 1.82) is 0 Å². The van der Waals surface area contributed by atoms with Crippen LogP contribution in [0.1, 0.15) is 22.8 Å². The molecule has 0 spiro atoms. The maximum Gasteiger partial charge on any atom is 0.337 e. The van der Waals surface area contributed by atoms with Gasteiger partial charge >= 0.3 is 5.97 Å². The maximum absolute atomic E-state index is 12.5. The number of hydrogen-bond donors (Lipinski definition) is 0. The minimum absolute atomic E-state index is 0.0231. The summed E-state index contributed by atoms with van der Waals surface area (Å²) in [5.41, 5.74) is 1.86. The highest BCUT2D eigenvalue weighted by Gasteiger charge is 2.12. The Labute approximate surface area is 187 Å². The third kappa shape index (κ3) is 5.54. The number of esters is 1. The van der Waals surface area contributed by atoms with Crippen molar-refractivity contribution in [2.24, 2.45) is 4.99 Å². The van der Waals surface area contributed by atoms with Crippen LogP contribution in [0.5, 0.6) is 0 Å². The number of hydrogen-bond acceptors (Lipinski definition) is 7. The largest absolute Gasteiger partial charge is 0.465 e. The summed E-state index contributed by atoms with van der Waals surface area (Å²) in [5, 5.41) is 10.7. The number of aromatic nitrogens is 1. The number of non-ortho nitro benzene ring substituents is 1. The zero-order valence-corrected chi connectivity index (χ0v) is 18.3. The molecule has 0 saturated heterocycles. The van der Waals surface area contributed by atoms with Gasteiger partial charge in [-0.1, -0.05) is 11.3 Å². The highest BCUT2D eigenvalue weighted by Crippen LogP contribution is 2.20. The lowest BCUT2D eigenvalue weighted by Gasteiger charge is -2.05. The van der Waals surface area contributed by atoms with Crippen molar-refractivity contribution in [3.8, 4) is 0 Å². The lowest BCUT2D eigenvalue weighted by Crippen LogP contribution is -2.19. The molecule has 0 aliphatic heterocycles. The first kappa shape index (κ1) is 23.0. The highest BCUT2D eigenvalue weighted by molar-refractivity contribution is 7.16. The molecule has 166 valence electrons. The third-order valence-electron chi connectivity index (χ3n) is 4.50. The first-order valence-electron chi connectivity index (χ1n) is 9.73. The zero-order chi connectivity index (χ0) is 23.1. The number of carbonyl (C=O) groups excluding carboxylic acids is 2. The number of benzene rings is 2. The highest BCUT2D eigenvalue weighted by atomic mass is 32.1. The predicted molar refractivity (Wildman–Crippen MR) is 120 cm³/mol. The number of nitro benzene ring substituents is 1. The van der Waals surface area contributed by atoms with Crippen molar-refractivity contribution in [2.45, 2.75) is 13.5 Å². The number of amides is 1. The molecule has 1 heterocycles. The van der Waals surface area contributed by atoms with E-state index < -0.39 is 16.8 Å². The maximum atomic E-state index is 12.5. The van der Waals surface area contributed by atoms with E-state index in [1.54, 1.807) is 36.4 Å². The molecule has 3 rings (SSSR count). The molecule has 0 atom stereocenters. The summed E-state index contributed by atoms with van der Waals surface area (Å²) in [5.74, 6) is -0.921. The van der Waals surface area contributed by atoms with Gasteiger partial charge in [0.05, 0.1) is 34.4 Å². The minimum atomic E-state index is -0.484. The normalized spacial score (nSPS) is 11.9. The average molecular weight is 455 g/mol. The van der Waals surface area contributed by atoms with E-state index in [2.05, 4.69) is 4.99 Å². The lowest BCUT2D eigenvalue weighted by molar-refractivity contribution is -0.384. The van der Waals surface area contributed by atoms with Crippen LogP contribution >= 0.6 is 11.3 Å². The monoisotopic (exact) mass is 455 g/mol. The van der Waals surface area contributed by atoms with Crippen LogP contribution in [0.3, 0.4) is 0 Å². The molecule has 0 bridgehead atoms. The first-order chi connectivity index (χ1) is 15.4. The van der Waals surface area contributed by atoms with Crippen molar-refractivity contribution < 1.29 is 24.0 Å². The number of methoxy groups -OCH3 is 1. The Balaban J connectivity index is 1.93. The number of rotatable bonds is 8. The summed E-state index contributed by atoms with van der Waals surface area (Å²) in [6, 6.07) is 11.0. The Bertz CT molecular complexity index is 1240. The van der Waals surface area contributed by atoms with Crippen LogP contribution in [0.15, 0.2) is 53.5 Å².